The van der Waals surface area contributed by atoms with E-state index in [9.17, 15) is 4.79 Å². The highest BCUT2D eigenvalue weighted by Gasteiger charge is 2.25. The standard InChI is InChI=1S/C14H26N4OS/c1-3-15-11-9-7-5-6-8-10-12(11)20-14-17-16-13(19)18(14)4-2/h11-12,15H,3-10H2,1-2H3,(H,16,19). The molecule has 1 heterocycles. The molecule has 6 heteroatoms. The summed E-state index contributed by atoms with van der Waals surface area (Å²) in [5, 5.41) is 11.7. The second-order valence-corrected chi connectivity index (χ2v) is 6.57. The predicted octanol–water partition coefficient (Wildman–Crippen LogP) is 2.38. The van der Waals surface area contributed by atoms with Gasteiger partial charge in [0.15, 0.2) is 5.16 Å². The summed E-state index contributed by atoms with van der Waals surface area (Å²) in [4.78, 5) is 11.7. The highest BCUT2D eigenvalue weighted by atomic mass is 32.2. The molecule has 2 N–H and O–H groups in total. The van der Waals surface area contributed by atoms with Crippen molar-refractivity contribution in [2.75, 3.05) is 6.54 Å². The molecule has 5 nitrogen and oxygen atoms in total. The predicted molar refractivity (Wildman–Crippen MR) is 83.3 cm³/mol. The third kappa shape index (κ3) is 3.88. The van der Waals surface area contributed by atoms with E-state index >= 15 is 0 Å². The molecular weight excluding hydrogens is 272 g/mol. The van der Waals surface area contributed by atoms with Crippen LogP contribution in [0.3, 0.4) is 0 Å². The van der Waals surface area contributed by atoms with Crippen molar-refractivity contribution in [3.05, 3.63) is 10.5 Å². The van der Waals surface area contributed by atoms with E-state index in [0.717, 1.165) is 11.7 Å². The van der Waals surface area contributed by atoms with Crippen molar-refractivity contribution in [3.63, 3.8) is 0 Å². The molecule has 0 bridgehead atoms. The molecule has 1 aliphatic carbocycles. The Labute approximate surface area is 124 Å². The summed E-state index contributed by atoms with van der Waals surface area (Å²) < 4.78 is 1.73. The third-order valence-electron chi connectivity index (χ3n) is 3.97. The smallest absolute Gasteiger partial charge is 0.313 e. The molecule has 114 valence electrons. The molecule has 0 radical (unpaired) electrons. The summed E-state index contributed by atoms with van der Waals surface area (Å²) in [7, 11) is 0. The molecule has 1 aromatic rings. The number of aromatic nitrogens is 3. The summed E-state index contributed by atoms with van der Waals surface area (Å²) in [5.41, 5.74) is -0.0964. The van der Waals surface area contributed by atoms with E-state index in [1.807, 2.05) is 6.92 Å². The molecule has 0 aromatic carbocycles. The van der Waals surface area contributed by atoms with Crippen LogP contribution in [-0.4, -0.2) is 32.6 Å². The first-order valence-corrected chi connectivity index (χ1v) is 8.69. The number of thioether (sulfide) groups is 1. The topological polar surface area (TPSA) is 62.7 Å². The molecule has 1 aromatic heterocycles. The SMILES string of the molecule is CCNC1CCCCCCC1Sc1n[nH]c(=O)n1CC. The van der Waals surface area contributed by atoms with Gasteiger partial charge in [0.2, 0.25) is 0 Å². The van der Waals surface area contributed by atoms with Gasteiger partial charge >= 0.3 is 5.69 Å². The van der Waals surface area contributed by atoms with Crippen LogP contribution in [0.1, 0.15) is 52.4 Å². The average Bonchev–Trinajstić information content (AvgIpc) is 2.77. The minimum absolute atomic E-state index is 0.0964. The van der Waals surface area contributed by atoms with Gasteiger partial charge in [-0.2, -0.15) is 0 Å². The first-order chi connectivity index (χ1) is 9.76. The molecule has 0 amide bonds. The summed E-state index contributed by atoms with van der Waals surface area (Å²) in [6.07, 6.45) is 7.69. The second-order valence-electron chi connectivity index (χ2n) is 5.37. The first-order valence-electron chi connectivity index (χ1n) is 7.81. The van der Waals surface area contributed by atoms with Crippen LogP contribution in [0.25, 0.3) is 0 Å². The van der Waals surface area contributed by atoms with Gasteiger partial charge in [-0.05, 0) is 26.3 Å². The number of aromatic amines is 1. The summed E-state index contributed by atoms with van der Waals surface area (Å²) in [6.45, 7) is 5.83. The maximum absolute atomic E-state index is 11.7. The quantitative estimate of drug-likeness (QED) is 0.876. The molecule has 2 unspecified atom stereocenters. The van der Waals surface area contributed by atoms with E-state index in [1.54, 1.807) is 16.3 Å². The van der Waals surface area contributed by atoms with Crippen molar-refractivity contribution in [3.8, 4) is 0 Å². The third-order valence-corrected chi connectivity index (χ3v) is 5.35. The van der Waals surface area contributed by atoms with Gasteiger partial charge in [-0.1, -0.05) is 44.4 Å². The van der Waals surface area contributed by atoms with Crippen LogP contribution in [0.2, 0.25) is 0 Å². The lowest BCUT2D eigenvalue weighted by molar-refractivity contribution is 0.405. The normalized spacial score (nSPS) is 24.3. The Hall–Kier alpha value is -0.750. The fraction of sp³-hybridized carbons (Fsp3) is 0.857. The van der Waals surface area contributed by atoms with Gasteiger partial charge in [-0.3, -0.25) is 4.57 Å². The molecule has 2 atom stereocenters. The minimum atomic E-state index is -0.0964. The molecular formula is C14H26N4OS. The van der Waals surface area contributed by atoms with Crippen LogP contribution in [0.5, 0.6) is 0 Å². The maximum atomic E-state index is 11.7. The van der Waals surface area contributed by atoms with E-state index in [4.69, 9.17) is 0 Å². The number of nitrogens with zero attached hydrogens (tertiary/aromatic N) is 2. The molecule has 2 rings (SSSR count). The zero-order valence-corrected chi connectivity index (χ0v) is 13.3. The van der Waals surface area contributed by atoms with E-state index in [2.05, 4.69) is 22.4 Å². The lowest BCUT2D eigenvalue weighted by Gasteiger charge is -2.29. The molecule has 1 fully saturated rings. The molecule has 1 saturated carbocycles. The van der Waals surface area contributed by atoms with Gasteiger partial charge in [-0.25, -0.2) is 9.89 Å². The Morgan fingerprint density at radius 2 is 2.05 bits per heavy atom. The van der Waals surface area contributed by atoms with Crippen molar-refractivity contribution in [2.45, 2.75) is 75.4 Å². The zero-order valence-electron chi connectivity index (χ0n) is 12.5. The van der Waals surface area contributed by atoms with Gasteiger partial charge in [0.05, 0.1) is 0 Å². The zero-order chi connectivity index (χ0) is 14.4. The molecule has 0 saturated heterocycles. The second kappa shape index (κ2) is 7.88. The fourth-order valence-electron chi connectivity index (χ4n) is 2.89. The van der Waals surface area contributed by atoms with Crippen molar-refractivity contribution in [1.82, 2.24) is 20.1 Å². The van der Waals surface area contributed by atoms with Crippen molar-refractivity contribution < 1.29 is 0 Å². The summed E-state index contributed by atoms with van der Waals surface area (Å²) >= 11 is 1.77. The lowest BCUT2D eigenvalue weighted by Crippen LogP contribution is -2.39. The maximum Gasteiger partial charge on any atom is 0.343 e. The summed E-state index contributed by atoms with van der Waals surface area (Å²) in [5.74, 6) is 0. The summed E-state index contributed by atoms with van der Waals surface area (Å²) in [6, 6.07) is 0.530. The van der Waals surface area contributed by atoms with Gasteiger partial charge in [0.25, 0.3) is 0 Å². The van der Waals surface area contributed by atoms with E-state index in [1.165, 1.54) is 38.5 Å². The Bertz CT molecular complexity index is 456. The van der Waals surface area contributed by atoms with Crippen LogP contribution in [0, 0.1) is 0 Å². The molecule has 1 aliphatic rings. The van der Waals surface area contributed by atoms with Gasteiger partial charge in [-0.15, -0.1) is 5.10 Å². The Kier molecular flexibility index (Phi) is 6.16. The molecule has 20 heavy (non-hydrogen) atoms. The van der Waals surface area contributed by atoms with E-state index < -0.39 is 0 Å². The number of hydrogen-bond donors (Lipinski definition) is 2. The molecule has 0 aliphatic heterocycles. The largest absolute Gasteiger partial charge is 0.343 e. The van der Waals surface area contributed by atoms with Gasteiger partial charge < -0.3 is 5.32 Å². The number of H-pyrrole nitrogens is 1. The van der Waals surface area contributed by atoms with Crippen LogP contribution in [0.4, 0.5) is 0 Å². The van der Waals surface area contributed by atoms with Crippen molar-refractivity contribution in [1.29, 1.82) is 0 Å². The van der Waals surface area contributed by atoms with E-state index in [0.29, 0.717) is 17.8 Å². The van der Waals surface area contributed by atoms with Crippen LogP contribution >= 0.6 is 11.8 Å². The van der Waals surface area contributed by atoms with Gasteiger partial charge in [0.1, 0.15) is 0 Å². The van der Waals surface area contributed by atoms with Crippen LogP contribution in [-0.2, 0) is 6.54 Å². The monoisotopic (exact) mass is 298 g/mol. The first kappa shape index (κ1) is 15.6. The minimum Gasteiger partial charge on any atom is -0.313 e. The fourth-order valence-corrected chi connectivity index (χ4v) is 4.28. The van der Waals surface area contributed by atoms with Crippen LogP contribution < -0.4 is 11.0 Å². The Morgan fingerprint density at radius 1 is 1.30 bits per heavy atom. The van der Waals surface area contributed by atoms with Crippen molar-refractivity contribution >= 4 is 11.8 Å². The van der Waals surface area contributed by atoms with Gasteiger partial charge in [0, 0.05) is 17.8 Å². The van der Waals surface area contributed by atoms with E-state index in [-0.39, 0.29) is 5.69 Å². The Balaban J connectivity index is 2.11. The Morgan fingerprint density at radius 3 is 2.75 bits per heavy atom. The highest BCUT2D eigenvalue weighted by Crippen LogP contribution is 2.31. The number of nitrogens with one attached hydrogen (secondary N) is 2. The number of hydrogen-bond acceptors (Lipinski definition) is 4. The average molecular weight is 298 g/mol. The highest BCUT2D eigenvalue weighted by molar-refractivity contribution is 7.99. The number of rotatable bonds is 5. The lowest BCUT2D eigenvalue weighted by atomic mass is 9.96. The van der Waals surface area contributed by atoms with Crippen LogP contribution in [0.15, 0.2) is 9.95 Å². The molecule has 0 spiro atoms. The van der Waals surface area contributed by atoms with Crippen molar-refractivity contribution in [2.24, 2.45) is 0 Å².